The number of carboxylic acid groups (broad SMARTS) is 1. The zero-order valence-electron chi connectivity index (χ0n) is 10.1. The van der Waals surface area contributed by atoms with E-state index in [0.717, 1.165) is 12.8 Å². The molecule has 1 N–H and O–H groups in total. The average Bonchev–Trinajstić information content (AvgIpc) is 2.26. The third-order valence-electron chi connectivity index (χ3n) is 2.47. The van der Waals surface area contributed by atoms with Gasteiger partial charge in [-0.2, -0.15) is 0 Å². The fourth-order valence-electron chi connectivity index (χ4n) is 1.17. The van der Waals surface area contributed by atoms with E-state index in [-0.39, 0.29) is 6.03 Å². The molecular formula is C11H20N2O3. The average molecular weight is 228 g/mol. The summed E-state index contributed by atoms with van der Waals surface area (Å²) in [6.45, 7) is 5.68. The number of carbonyl (C=O) groups excluding carboxylic acids is 1. The number of allylic oxidation sites excluding steroid dienone is 1. The summed E-state index contributed by atoms with van der Waals surface area (Å²) in [4.78, 5) is 25.2. The van der Waals surface area contributed by atoms with Crippen molar-refractivity contribution in [2.45, 2.75) is 25.8 Å². The smallest absolute Gasteiger partial charge is 0.326 e. The van der Waals surface area contributed by atoms with Gasteiger partial charge in [0.25, 0.3) is 0 Å². The van der Waals surface area contributed by atoms with Gasteiger partial charge in [0, 0.05) is 20.6 Å². The summed E-state index contributed by atoms with van der Waals surface area (Å²) in [6.07, 6.45) is 3.47. The minimum absolute atomic E-state index is 0.279. The van der Waals surface area contributed by atoms with Crippen molar-refractivity contribution in [3.8, 4) is 0 Å². The Bertz CT molecular complexity index is 266. The van der Waals surface area contributed by atoms with Gasteiger partial charge >= 0.3 is 12.0 Å². The van der Waals surface area contributed by atoms with Crippen molar-refractivity contribution in [1.29, 1.82) is 0 Å². The molecule has 0 aliphatic heterocycles. The quantitative estimate of drug-likeness (QED) is 0.552. The molecule has 0 saturated heterocycles. The van der Waals surface area contributed by atoms with E-state index in [4.69, 9.17) is 5.11 Å². The van der Waals surface area contributed by atoms with Crippen LogP contribution in [-0.4, -0.2) is 53.6 Å². The van der Waals surface area contributed by atoms with Gasteiger partial charge in [-0.1, -0.05) is 6.08 Å². The number of amides is 2. The molecule has 0 aliphatic carbocycles. The highest BCUT2D eigenvalue weighted by Gasteiger charge is 2.23. The summed E-state index contributed by atoms with van der Waals surface area (Å²) in [5, 5.41) is 8.77. The molecular weight excluding hydrogens is 208 g/mol. The molecule has 0 rings (SSSR count). The highest BCUT2D eigenvalue weighted by Crippen LogP contribution is 2.02. The van der Waals surface area contributed by atoms with Crippen LogP contribution in [0.1, 0.15) is 19.8 Å². The maximum Gasteiger partial charge on any atom is 0.326 e. The fraction of sp³-hybridized carbons (Fsp3) is 0.636. The first kappa shape index (κ1) is 14.5. The minimum atomic E-state index is -1.00. The summed E-state index contributed by atoms with van der Waals surface area (Å²) in [6, 6.07) is -1.09. The lowest BCUT2D eigenvalue weighted by Gasteiger charge is -2.27. The van der Waals surface area contributed by atoms with E-state index in [2.05, 4.69) is 6.58 Å². The second kappa shape index (κ2) is 6.87. The van der Waals surface area contributed by atoms with Gasteiger partial charge in [-0.15, -0.1) is 6.58 Å². The van der Waals surface area contributed by atoms with Crippen LogP contribution in [0.25, 0.3) is 0 Å². The second-order valence-electron chi connectivity index (χ2n) is 3.76. The molecule has 0 aromatic rings. The lowest BCUT2D eigenvalue weighted by molar-refractivity contribution is -0.141. The van der Waals surface area contributed by atoms with E-state index in [1.807, 2.05) is 0 Å². The monoisotopic (exact) mass is 228 g/mol. The third kappa shape index (κ3) is 4.33. The van der Waals surface area contributed by atoms with Crippen molar-refractivity contribution < 1.29 is 14.7 Å². The van der Waals surface area contributed by atoms with E-state index in [0.29, 0.717) is 6.54 Å². The Labute approximate surface area is 96.3 Å². The maximum absolute atomic E-state index is 11.7. The van der Waals surface area contributed by atoms with Crippen molar-refractivity contribution in [3.63, 3.8) is 0 Å². The highest BCUT2D eigenvalue weighted by molar-refractivity contribution is 5.82. The van der Waals surface area contributed by atoms with Crippen molar-refractivity contribution in [1.82, 2.24) is 9.80 Å². The SMILES string of the molecule is C=CCCCN(C)C(=O)N(C)C(C)C(=O)O. The number of unbranched alkanes of at least 4 members (excludes halogenated alkanes) is 1. The summed E-state index contributed by atoms with van der Waals surface area (Å²) in [5.74, 6) is -1.00. The molecule has 2 amide bonds. The predicted octanol–water partition coefficient (Wildman–Crippen LogP) is 1.41. The standard InChI is InChI=1S/C11H20N2O3/c1-5-6-7-8-12(3)11(16)13(4)9(2)10(14)15/h5,9H,1,6-8H2,2-4H3,(H,14,15). The van der Waals surface area contributed by atoms with Gasteiger partial charge in [0.05, 0.1) is 0 Å². The molecule has 0 bridgehead atoms. The normalized spacial score (nSPS) is 11.7. The molecule has 0 aromatic heterocycles. The molecule has 16 heavy (non-hydrogen) atoms. The fourth-order valence-corrected chi connectivity index (χ4v) is 1.17. The Kier molecular flexibility index (Phi) is 6.22. The van der Waals surface area contributed by atoms with Gasteiger partial charge in [0.1, 0.15) is 6.04 Å². The number of urea groups is 1. The van der Waals surface area contributed by atoms with E-state index in [1.165, 1.54) is 23.8 Å². The summed E-state index contributed by atoms with van der Waals surface area (Å²) in [5.41, 5.74) is 0. The zero-order chi connectivity index (χ0) is 12.7. The Morgan fingerprint density at radius 3 is 2.44 bits per heavy atom. The van der Waals surface area contributed by atoms with E-state index >= 15 is 0 Å². The molecule has 0 aliphatic rings. The Balaban J connectivity index is 4.20. The van der Waals surface area contributed by atoms with Crippen LogP contribution < -0.4 is 0 Å². The molecule has 92 valence electrons. The molecule has 1 atom stereocenters. The Hall–Kier alpha value is -1.52. The van der Waals surface area contributed by atoms with Crippen LogP contribution in [0.3, 0.4) is 0 Å². The lowest BCUT2D eigenvalue weighted by Crippen LogP contribution is -2.46. The van der Waals surface area contributed by atoms with Crippen LogP contribution in [0.15, 0.2) is 12.7 Å². The number of carbonyl (C=O) groups is 2. The number of aliphatic carboxylic acids is 1. The van der Waals surface area contributed by atoms with Crippen molar-refractivity contribution in [2.24, 2.45) is 0 Å². The van der Waals surface area contributed by atoms with Crippen LogP contribution in [0.2, 0.25) is 0 Å². The van der Waals surface area contributed by atoms with E-state index in [1.54, 1.807) is 13.1 Å². The van der Waals surface area contributed by atoms with Crippen molar-refractivity contribution >= 4 is 12.0 Å². The summed E-state index contributed by atoms with van der Waals surface area (Å²) < 4.78 is 0. The van der Waals surface area contributed by atoms with Gasteiger partial charge in [-0.25, -0.2) is 9.59 Å². The van der Waals surface area contributed by atoms with Crippen LogP contribution in [0.4, 0.5) is 4.79 Å². The lowest BCUT2D eigenvalue weighted by atomic mass is 10.3. The molecule has 5 heteroatoms. The molecule has 0 spiro atoms. The Morgan fingerprint density at radius 1 is 1.44 bits per heavy atom. The first-order valence-electron chi connectivity index (χ1n) is 5.23. The van der Waals surface area contributed by atoms with Gasteiger partial charge in [-0.05, 0) is 19.8 Å². The number of hydrogen-bond acceptors (Lipinski definition) is 2. The highest BCUT2D eigenvalue weighted by atomic mass is 16.4. The van der Waals surface area contributed by atoms with Crippen LogP contribution in [0.5, 0.6) is 0 Å². The third-order valence-corrected chi connectivity index (χ3v) is 2.47. The Morgan fingerprint density at radius 2 is 2.00 bits per heavy atom. The maximum atomic E-state index is 11.7. The molecule has 0 aromatic carbocycles. The second-order valence-corrected chi connectivity index (χ2v) is 3.76. The molecule has 5 nitrogen and oxygen atoms in total. The van der Waals surface area contributed by atoms with Gasteiger partial charge in [0.15, 0.2) is 0 Å². The van der Waals surface area contributed by atoms with Crippen molar-refractivity contribution in [3.05, 3.63) is 12.7 Å². The molecule has 1 unspecified atom stereocenters. The van der Waals surface area contributed by atoms with Gasteiger partial charge in [0.2, 0.25) is 0 Å². The number of hydrogen-bond donors (Lipinski definition) is 1. The van der Waals surface area contributed by atoms with Crippen LogP contribution in [0, 0.1) is 0 Å². The summed E-state index contributed by atoms with van der Waals surface area (Å²) >= 11 is 0. The molecule has 0 saturated carbocycles. The number of nitrogens with zero attached hydrogens (tertiary/aromatic N) is 2. The topological polar surface area (TPSA) is 60.9 Å². The number of rotatable bonds is 6. The first-order chi connectivity index (χ1) is 7.41. The molecule has 0 heterocycles. The number of carboxylic acids is 1. The summed E-state index contributed by atoms with van der Waals surface area (Å²) in [7, 11) is 3.15. The van der Waals surface area contributed by atoms with E-state index < -0.39 is 12.0 Å². The van der Waals surface area contributed by atoms with Crippen LogP contribution in [-0.2, 0) is 4.79 Å². The zero-order valence-corrected chi connectivity index (χ0v) is 10.1. The van der Waals surface area contributed by atoms with Gasteiger partial charge in [-0.3, -0.25) is 0 Å². The van der Waals surface area contributed by atoms with E-state index in [9.17, 15) is 9.59 Å². The number of likely N-dealkylation sites (N-methyl/N-ethyl adjacent to an activating group) is 1. The van der Waals surface area contributed by atoms with Crippen LogP contribution >= 0.6 is 0 Å². The predicted molar refractivity (Wildman–Crippen MR) is 62.3 cm³/mol. The molecule has 0 radical (unpaired) electrons. The van der Waals surface area contributed by atoms with Crippen molar-refractivity contribution in [2.75, 3.05) is 20.6 Å². The molecule has 0 fully saturated rings. The van der Waals surface area contributed by atoms with Gasteiger partial charge < -0.3 is 14.9 Å². The first-order valence-corrected chi connectivity index (χ1v) is 5.23. The minimum Gasteiger partial charge on any atom is -0.480 e. The largest absolute Gasteiger partial charge is 0.480 e.